The average Bonchev–Trinajstić information content (AvgIpc) is 3.08. The summed E-state index contributed by atoms with van der Waals surface area (Å²) in [5, 5.41) is 2.85. The highest BCUT2D eigenvalue weighted by Crippen LogP contribution is 2.17. The van der Waals surface area contributed by atoms with E-state index in [0.717, 1.165) is 30.9 Å². The quantitative estimate of drug-likeness (QED) is 0.919. The van der Waals surface area contributed by atoms with Gasteiger partial charge in [0.25, 0.3) is 5.91 Å². The van der Waals surface area contributed by atoms with Crippen molar-refractivity contribution in [3.8, 4) is 5.75 Å². The standard InChI is InChI=1S/C18H19NO3/c20-18(19-15-5-2-1-3-6-15)14-8-10-16(11-9-14)22-13-17-7-4-12-21-17/h1-3,5-6,8-11,17H,4,7,12-13H2,(H,19,20)/t17-/m0/s1. The van der Waals surface area contributed by atoms with E-state index in [0.29, 0.717) is 12.2 Å². The molecule has 1 atom stereocenters. The lowest BCUT2D eigenvalue weighted by Gasteiger charge is -2.11. The van der Waals surface area contributed by atoms with Gasteiger partial charge in [0, 0.05) is 17.9 Å². The topological polar surface area (TPSA) is 47.6 Å². The van der Waals surface area contributed by atoms with Crippen LogP contribution in [0.1, 0.15) is 23.2 Å². The lowest BCUT2D eigenvalue weighted by Crippen LogP contribution is -2.16. The van der Waals surface area contributed by atoms with Gasteiger partial charge in [-0.15, -0.1) is 0 Å². The molecular formula is C18H19NO3. The second kappa shape index (κ2) is 7.09. The van der Waals surface area contributed by atoms with Gasteiger partial charge in [-0.05, 0) is 49.2 Å². The number of ether oxygens (including phenoxy) is 2. The lowest BCUT2D eigenvalue weighted by atomic mass is 10.2. The highest BCUT2D eigenvalue weighted by Gasteiger charge is 2.16. The van der Waals surface area contributed by atoms with Crippen molar-refractivity contribution in [3.63, 3.8) is 0 Å². The zero-order chi connectivity index (χ0) is 15.2. The third kappa shape index (κ3) is 3.86. The van der Waals surface area contributed by atoms with Crippen molar-refractivity contribution >= 4 is 11.6 Å². The second-order valence-electron chi connectivity index (χ2n) is 5.29. The molecule has 22 heavy (non-hydrogen) atoms. The summed E-state index contributed by atoms with van der Waals surface area (Å²) >= 11 is 0. The maximum absolute atomic E-state index is 12.1. The first-order valence-electron chi connectivity index (χ1n) is 7.52. The summed E-state index contributed by atoms with van der Waals surface area (Å²) in [4.78, 5) is 12.1. The highest BCUT2D eigenvalue weighted by atomic mass is 16.5. The van der Waals surface area contributed by atoms with E-state index in [1.165, 1.54) is 0 Å². The minimum absolute atomic E-state index is 0.128. The maximum Gasteiger partial charge on any atom is 0.255 e. The summed E-state index contributed by atoms with van der Waals surface area (Å²) in [7, 11) is 0. The van der Waals surface area contributed by atoms with E-state index >= 15 is 0 Å². The van der Waals surface area contributed by atoms with Crippen LogP contribution in [0, 0.1) is 0 Å². The van der Waals surface area contributed by atoms with E-state index in [2.05, 4.69) is 5.32 Å². The predicted octanol–water partition coefficient (Wildman–Crippen LogP) is 3.50. The first kappa shape index (κ1) is 14.6. The van der Waals surface area contributed by atoms with Gasteiger partial charge in [0.05, 0.1) is 6.10 Å². The van der Waals surface area contributed by atoms with Gasteiger partial charge in [-0.2, -0.15) is 0 Å². The molecule has 2 aromatic rings. The first-order chi connectivity index (χ1) is 10.8. The van der Waals surface area contributed by atoms with Gasteiger partial charge in [-0.3, -0.25) is 4.79 Å². The van der Waals surface area contributed by atoms with Crippen LogP contribution in [0.2, 0.25) is 0 Å². The van der Waals surface area contributed by atoms with Gasteiger partial charge in [-0.25, -0.2) is 0 Å². The molecule has 4 heteroatoms. The molecule has 4 nitrogen and oxygen atoms in total. The molecule has 2 aromatic carbocycles. The fraction of sp³-hybridized carbons (Fsp3) is 0.278. The molecule has 0 aromatic heterocycles. The SMILES string of the molecule is O=C(Nc1ccccc1)c1ccc(OC[C@@H]2CCCO2)cc1. The van der Waals surface area contributed by atoms with Crippen LogP contribution in [0.4, 0.5) is 5.69 Å². The van der Waals surface area contributed by atoms with Gasteiger partial charge in [0.1, 0.15) is 12.4 Å². The van der Waals surface area contributed by atoms with Crippen LogP contribution < -0.4 is 10.1 Å². The Hall–Kier alpha value is -2.33. The van der Waals surface area contributed by atoms with Crippen LogP contribution >= 0.6 is 0 Å². The summed E-state index contributed by atoms with van der Waals surface area (Å²) < 4.78 is 11.2. The van der Waals surface area contributed by atoms with Crippen molar-refractivity contribution in [2.75, 3.05) is 18.5 Å². The largest absolute Gasteiger partial charge is 0.491 e. The van der Waals surface area contributed by atoms with Crippen molar-refractivity contribution in [2.45, 2.75) is 18.9 Å². The Morgan fingerprint density at radius 2 is 1.91 bits per heavy atom. The van der Waals surface area contributed by atoms with Crippen molar-refractivity contribution in [1.29, 1.82) is 0 Å². The third-order valence-corrected chi connectivity index (χ3v) is 3.61. The Morgan fingerprint density at radius 3 is 2.59 bits per heavy atom. The van der Waals surface area contributed by atoms with Crippen LogP contribution in [0.15, 0.2) is 54.6 Å². The average molecular weight is 297 g/mol. The summed E-state index contributed by atoms with van der Waals surface area (Å²) in [5.74, 6) is 0.628. The van der Waals surface area contributed by atoms with Crippen LogP contribution in [0.5, 0.6) is 5.75 Å². The molecule has 1 heterocycles. The zero-order valence-corrected chi connectivity index (χ0v) is 12.3. The van der Waals surface area contributed by atoms with Crippen molar-refractivity contribution in [3.05, 3.63) is 60.2 Å². The molecule has 114 valence electrons. The summed E-state index contributed by atoms with van der Waals surface area (Å²) in [5.41, 5.74) is 1.39. The van der Waals surface area contributed by atoms with Crippen molar-refractivity contribution < 1.29 is 14.3 Å². The number of carbonyl (C=O) groups is 1. The van der Waals surface area contributed by atoms with E-state index in [9.17, 15) is 4.79 Å². The smallest absolute Gasteiger partial charge is 0.255 e. The molecule has 1 aliphatic rings. The Labute approximate surface area is 130 Å². The number of hydrogen-bond donors (Lipinski definition) is 1. The van der Waals surface area contributed by atoms with E-state index in [1.807, 2.05) is 42.5 Å². The fourth-order valence-corrected chi connectivity index (χ4v) is 2.39. The number of para-hydroxylation sites is 1. The molecule has 0 bridgehead atoms. The number of carbonyl (C=O) groups excluding carboxylic acids is 1. The predicted molar refractivity (Wildman–Crippen MR) is 85.3 cm³/mol. The Kier molecular flexibility index (Phi) is 4.71. The third-order valence-electron chi connectivity index (χ3n) is 3.61. The summed E-state index contributed by atoms with van der Waals surface area (Å²) in [6.07, 6.45) is 2.35. The van der Waals surface area contributed by atoms with Gasteiger partial charge >= 0.3 is 0 Å². The van der Waals surface area contributed by atoms with E-state index in [-0.39, 0.29) is 12.0 Å². The van der Waals surface area contributed by atoms with Gasteiger partial charge in [-0.1, -0.05) is 18.2 Å². The van der Waals surface area contributed by atoms with E-state index in [4.69, 9.17) is 9.47 Å². The van der Waals surface area contributed by atoms with Crippen molar-refractivity contribution in [1.82, 2.24) is 0 Å². The van der Waals surface area contributed by atoms with Gasteiger partial charge in [0.2, 0.25) is 0 Å². The number of benzene rings is 2. The van der Waals surface area contributed by atoms with Crippen LogP contribution in [0.25, 0.3) is 0 Å². The molecule has 1 saturated heterocycles. The van der Waals surface area contributed by atoms with Crippen LogP contribution in [0.3, 0.4) is 0 Å². The molecule has 1 N–H and O–H groups in total. The summed E-state index contributed by atoms with van der Waals surface area (Å²) in [6.45, 7) is 1.39. The monoisotopic (exact) mass is 297 g/mol. The Balaban J connectivity index is 1.55. The second-order valence-corrected chi connectivity index (χ2v) is 5.29. The molecule has 1 amide bonds. The molecule has 1 aliphatic heterocycles. The zero-order valence-electron chi connectivity index (χ0n) is 12.3. The normalized spacial score (nSPS) is 17.2. The van der Waals surface area contributed by atoms with Crippen LogP contribution in [-0.4, -0.2) is 25.2 Å². The molecule has 0 aliphatic carbocycles. The number of nitrogens with one attached hydrogen (secondary N) is 1. The lowest BCUT2D eigenvalue weighted by molar-refractivity contribution is 0.0679. The Bertz CT molecular complexity index is 604. The molecule has 0 radical (unpaired) electrons. The minimum atomic E-state index is -0.128. The van der Waals surface area contributed by atoms with Crippen LogP contribution in [-0.2, 0) is 4.74 Å². The molecule has 3 rings (SSSR count). The van der Waals surface area contributed by atoms with Gasteiger partial charge < -0.3 is 14.8 Å². The number of hydrogen-bond acceptors (Lipinski definition) is 3. The number of rotatable bonds is 5. The molecule has 0 saturated carbocycles. The minimum Gasteiger partial charge on any atom is -0.491 e. The van der Waals surface area contributed by atoms with E-state index < -0.39 is 0 Å². The van der Waals surface area contributed by atoms with Gasteiger partial charge in [0.15, 0.2) is 0 Å². The number of amides is 1. The Morgan fingerprint density at radius 1 is 1.14 bits per heavy atom. The summed E-state index contributed by atoms with van der Waals surface area (Å²) in [6, 6.07) is 16.6. The van der Waals surface area contributed by atoms with E-state index in [1.54, 1.807) is 12.1 Å². The molecule has 0 unspecified atom stereocenters. The molecular weight excluding hydrogens is 278 g/mol. The highest BCUT2D eigenvalue weighted by molar-refractivity contribution is 6.04. The molecule has 0 spiro atoms. The maximum atomic E-state index is 12.1. The fourth-order valence-electron chi connectivity index (χ4n) is 2.39. The first-order valence-corrected chi connectivity index (χ1v) is 7.52. The number of anilines is 1. The molecule has 1 fully saturated rings. The van der Waals surface area contributed by atoms with Crippen molar-refractivity contribution in [2.24, 2.45) is 0 Å².